The van der Waals surface area contributed by atoms with Crippen LogP contribution in [0, 0.1) is 5.92 Å². The Morgan fingerprint density at radius 1 is 1.11 bits per heavy atom. The Hall–Kier alpha value is -3.52. The van der Waals surface area contributed by atoms with Crippen LogP contribution in [0.5, 0.6) is 5.75 Å². The molecule has 3 aliphatic rings. The van der Waals surface area contributed by atoms with E-state index in [1.807, 2.05) is 17.0 Å². The average Bonchev–Trinajstić information content (AvgIpc) is 3.56. The van der Waals surface area contributed by atoms with E-state index in [1.54, 1.807) is 7.11 Å². The number of anilines is 1. The van der Waals surface area contributed by atoms with Crippen LogP contribution in [0.3, 0.4) is 0 Å². The highest BCUT2D eigenvalue weighted by Gasteiger charge is 2.30. The standard InChI is InChI=1S/C29H34N6O2/c1-32-10-11-34-27-23(12-20(14-25(27)32)29(36)33-9-3-4-21(30)17-33)31-28(34)26-13-19-7-8-22(37-2)15-24(19)35(26)16-18-5-6-18/h7-8,12-15,18,21H,3-6,9-11,16-17,30H2,1-2H3/t21-/m1/s1. The molecule has 0 spiro atoms. The van der Waals surface area contributed by atoms with E-state index in [2.05, 4.69) is 45.3 Å². The largest absolute Gasteiger partial charge is 0.497 e. The minimum Gasteiger partial charge on any atom is -0.497 e. The molecule has 0 bridgehead atoms. The highest BCUT2D eigenvalue weighted by atomic mass is 16.5. The highest BCUT2D eigenvalue weighted by Crippen LogP contribution is 2.40. The van der Waals surface area contributed by atoms with Crippen LogP contribution in [0.15, 0.2) is 36.4 Å². The van der Waals surface area contributed by atoms with Gasteiger partial charge in [0.2, 0.25) is 0 Å². The van der Waals surface area contributed by atoms with Gasteiger partial charge in [0, 0.05) is 62.8 Å². The summed E-state index contributed by atoms with van der Waals surface area (Å²) in [5, 5.41) is 1.20. The zero-order valence-corrected chi connectivity index (χ0v) is 21.6. The summed E-state index contributed by atoms with van der Waals surface area (Å²) in [4.78, 5) is 22.9. The second kappa shape index (κ2) is 8.52. The van der Waals surface area contributed by atoms with E-state index in [0.717, 1.165) is 73.0 Å². The predicted octanol–water partition coefficient (Wildman–Crippen LogP) is 4.09. The lowest BCUT2D eigenvalue weighted by molar-refractivity contribution is 0.0709. The minimum absolute atomic E-state index is 0.0540. The number of rotatable bonds is 5. The topological polar surface area (TPSA) is 81.5 Å². The van der Waals surface area contributed by atoms with Gasteiger partial charge in [-0.05, 0) is 61.9 Å². The summed E-state index contributed by atoms with van der Waals surface area (Å²) >= 11 is 0. The quantitative estimate of drug-likeness (QED) is 0.448. The van der Waals surface area contributed by atoms with Crippen molar-refractivity contribution in [3.8, 4) is 17.3 Å². The molecule has 1 amide bonds. The van der Waals surface area contributed by atoms with Gasteiger partial charge >= 0.3 is 0 Å². The molecule has 0 radical (unpaired) electrons. The molecule has 1 saturated heterocycles. The molecule has 4 aromatic rings. The third-order valence-corrected chi connectivity index (χ3v) is 8.36. The Morgan fingerprint density at radius 2 is 1.97 bits per heavy atom. The smallest absolute Gasteiger partial charge is 0.254 e. The number of nitrogens with two attached hydrogens (primary N) is 1. The summed E-state index contributed by atoms with van der Waals surface area (Å²) in [7, 11) is 3.82. The van der Waals surface area contributed by atoms with Crippen LogP contribution in [0.1, 0.15) is 36.0 Å². The zero-order valence-electron chi connectivity index (χ0n) is 21.6. The zero-order chi connectivity index (χ0) is 25.3. The number of carbonyl (C=O) groups is 1. The summed E-state index contributed by atoms with van der Waals surface area (Å²) < 4.78 is 10.3. The first kappa shape index (κ1) is 22.7. The number of amides is 1. The number of nitrogens with zero attached hydrogens (tertiary/aromatic N) is 5. The van der Waals surface area contributed by atoms with Gasteiger partial charge in [0.25, 0.3) is 5.91 Å². The van der Waals surface area contributed by atoms with Gasteiger partial charge in [-0.1, -0.05) is 0 Å². The van der Waals surface area contributed by atoms with E-state index in [1.165, 1.54) is 23.7 Å². The monoisotopic (exact) mass is 498 g/mol. The van der Waals surface area contributed by atoms with E-state index in [4.69, 9.17) is 15.5 Å². The molecule has 2 N–H and O–H groups in total. The molecule has 2 aromatic heterocycles. The number of methoxy groups -OCH3 is 1. The van der Waals surface area contributed by atoms with Crippen LogP contribution in [-0.2, 0) is 13.1 Å². The second-order valence-corrected chi connectivity index (χ2v) is 11.0. The van der Waals surface area contributed by atoms with Crippen molar-refractivity contribution in [1.29, 1.82) is 0 Å². The van der Waals surface area contributed by atoms with Gasteiger partial charge in [-0.25, -0.2) is 4.98 Å². The van der Waals surface area contributed by atoms with E-state index in [9.17, 15) is 4.79 Å². The lowest BCUT2D eigenvalue weighted by atomic mass is 10.0. The van der Waals surface area contributed by atoms with Crippen molar-refractivity contribution < 1.29 is 9.53 Å². The number of fused-ring (bicyclic) bond motifs is 1. The fourth-order valence-electron chi connectivity index (χ4n) is 6.12. The second-order valence-electron chi connectivity index (χ2n) is 11.0. The van der Waals surface area contributed by atoms with Gasteiger partial charge < -0.3 is 29.4 Å². The number of imidazole rings is 1. The number of piperidine rings is 1. The van der Waals surface area contributed by atoms with Gasteiger partial charge in [-0.15, -0.1) is 0 Å². The number of likely N-dealkylation sites (N-methyl/N-ethyl adjacent to an activating group) is 1. The van der Waals surface area contributed by atoms with Gasteiger partial charge in [0.1, 0.15) is 5.75 Å². The van der Waals surface area contributed by atoms with Crippen molar-refractivity contribution >= 4 is 33.5 Å². The number of hydrogen-bond donors (Lipinski definition) is 1. The summed E-state index contributed by atoms with van der Waals surface area (Å²) in [6, 6.07) is 12.7. The Balaban J connectivity index is 1.39. The van der Waals surface area contributed by atoms with Gasteiger partial charge in [-0.3, -0.25) is 4.79 Å². The maximum absolute atomic E-state index is 13.5. The highest BCUT2D eigenvalue weighted by molar-refractivity contribution is 6.03. The van der Waals surface area contributed by atoms with Gasteiger partial charge in [0.05, 0.1) is 35.0 Å². The molecule has 1 saturated carbocycles. The average molecular weight is 499 g/mol. The van der Waals surface area contributed by atoms with Crippen LogP contribution < -0.4 is 15.4 Å². The van der Waals surface area contributed by atoms with Crippen molar-refractivity contribution in [2.24, 2.45) is 11.7 Å². The van der Waals surface area contributed by atoms with Crippen LogP contribution in [0.2, 0.25) is 0 Å². The first-order valence-electron chi connectivity index (χ1n) is 13.5. The molecule has 4 heterocycles. The van der Waals surface area contributed by atoms with Gasteiger partial charge in [0.15, 0.2) is 5.82 Å². The fraction of sp³-hybridized carbons (Fsp3) is 0.448. The molecule has 1 atom stereocenters. The van der Waals surface area contributed by atoms with Crippen LogP contribution in [-0.4, -0.2) is 64.8 Å². The molecule has 37 heavy (non-hydrogen) atoms. The number of benzene rings is 2. The first-order valence-corrected chi connectivity index (χ1v) is 13.5. The number of ether oxygens (including phenoxy) is 1. The molecular formula is C29H34N6O2. The molecule has 8 heteroatoms. The maximum atomic E-state index is 13.5. The molecule has 7 rings (SSSR count). The third kappa shape index (κ3) is 3.77. The molecule has 192 valence electrons. The van der Waals surface area contributed by atoms with Crippen LogP contribution >= 0.6 is 0 Å². The first-order chi connectivity index (χ1) is 18.0. The van der Waals surface area contributed by atoms with E-state index >= 15 is 0 Å². The normalized spacial score (nSPS) is 19.7. The Bertz CT molecular complexity index is 1530. The molecule has 2 aromatic carbocycles. The number of carbonyl (C=O) groups excluding carboxylic acids is 1. The summed E-state index contributed by atoms with van der Waals surface area (Å²) in [6.07, 6.45) is 4.49. The molecule has 2 aliphatic heterocycles. The summed E-state index contributed by atoms with van der Waals surface area (Å²) in [6.45, 7) is 4.10. The Labute approximate surface area is 216 Å². The molecule has 0 unspecified atom stereocenters. The summed E-state index contributed by atoms with van der Waals surface area (Å²) in [5.41, 5.74) is 12.3. The van der Waals surface area contributed by atoms with Crippen molar-refractivity contribution in [2.45, 2.75) is 44.8 Å². The molecular weight excluding hydrogens is 464 g/mol. The number of likely N-dealkylation sites (tertiary alicyclic amines) is 1. The lowest BCUT2D eigenvalue weighted by Crippen LogP contribution is -2.45. The number of aromatic nitrogens is 3. The van der Waals surface area contributed by atoms with E-state index < -0.39 is 0 Å². The maximum Gasteiger partial charge on any atom is 0.254 e. The van der Waals surface area contributed by atoms with E-state index in [0.29, 0.717) is 18.0 Å². The van der Waals surface area contributed by atoms with Crippen molar-refractivity contribution in [3.05, 3.63) is 42.0 Å². The Morgan fingerprint density at radius 3 is 2.76 bits per heavy atom. The van der Waals surface area contributed by atoms with E-state index in [-0.39, 0.29) is 11.9 Å². The third-order valence-electron chi connectivity index (χ3n) is 8.36. The van der Waals surface area contributed by atoms with Gasteiger partial charge in [-0.2, -0.15) is 0 Å². The Kier molecular flexibility index (Phi) is 5.22. The number of hydrogen-bond acceptors (Lipinski definition) is 5. The molecule has 8 nitrogen and oxygen atoms in total. The van der Waals surface area contributed by atoms with Crippen LogP contribution in [0.25, 0.3) is 33.5 Å². The molecule has 1 aliphatic carbocycles. The molecule has 2 fully saturated rings. The SMILES string of the molecule is COc1ccc2cc(-c3nc4cc(C(=O)N5CCC[C@@H](N)C5)cc5c4n3CCN5C)n(CC3CC3)c2c1. The van der Waals surface area contributed by atoms with Crippen molar-refractivity contribution in [3.63, 3.8) is 0 Å². The van der Waals surface area contributed by atoms with Crippen LogP contribution in [0.4, 0.5) is 5.69 Å². The van der Waals surface area contributed by atoms with Crippen molar-refractivity contribution in [1.82, 2.24) is 19.0 Å². The fourth-order valence-corrected chi connectivity index (χ4v) is 6.12. The lowest BCUT2D eigenvalue weighted by Gasteiger charge is -2.32. The van der Waals surface area contributed by atoms with Crippen molar-refractivity contribution in [2.75, 3.05) is 38.7 Å². The summed E-state index contributed by atoms with van der Waals surface area (Å²) in [5.74, 6) is 2.62. The minimum atomic E-state index is 0.0540. The predicted molar refractivity (Wildman–Crippen MR) is 146 cm³/mol.